The molecule has 0 spiro atoms. The summed E-state index contributed by atoms with van der Waals surface area (Å²) in [4.78, 5) is 7.37. The Balaban J connectivity index is 1.98. The summed E-state index contributed by atoms with van der Waals surface area (Å²) >= 11 is 1.64. The maximum absolute atomic E-state index is 9.86. The van der Waals surface area contributed by atoms with E-state index in [1.165, 1.54) is 0 Å². The Morgan fingerprint density at radius 3 is 2.73 bits per heavy atom. The lowest BCUT2D eigenvalue weighted by Gasteiger charge is -2.26. The second-order valence-corrected chi connectivity index (χ2v) is 7.27. The highest BCUT2D eigenvalue weighted by Crippen LogP contribution is 2.47. The zero-order valence-electron chi connectivity index (χ0n) is 14.5. The molecule has 3 aromatic rings. The van der Waals surface area contributed by atoms with Gasteiger partial charge in [-0.2, -0.15) is 5.26 Å². The van der Waals surface area contributed by atoms with E-state index >= 15 is 0 Å². The van der Waals surface area contributed by atoms with Crippen molar-refractivity contribution in [1.82, 2.24) is 4.90 Å². The SMILES string of the molecule is CN(C)/C=N/C1=C(C#N)C(c2cccs2)c2ccc3ccccc3c2O1. The van der Waals surface area contributed by atoms with E-state index in [2.05, 4.69) is 35.3 Å². The number of thiophene rings is 1. The van der Waals surface area contributed by atoms with Crippen LogP contribution >= 0.6 is 11.3 Å². The number of ether oxygens (including phenoxy) is 1. The van der Waals surface area contributed by atoms with Gasteiger partial charge < -0.3 is 9.64 Å². The highest BCUT2D eigenvalue weighted by molar-refractivity contribution is 7.10. The van der Waals surface area contributed by atoms with Gasteiger partial charge in [0.25, 0.3) is 0 Å². The first-order valence-electron chi connectivity index (χ1n) is 8.27. The van der Waals surface area contributed by atoms with Crippen LogP contribution in [-0.2, 0) is 0 Å². The molecule has 0 bridgehead atoms. The molecule has 26 heavy (non-hydrogen) atoms. The summed E-state index contributed by atoms with van der Waals surface area (Å²) in [6.07, 6.45) is 1.66. The van der Waals surface area contributed by atoms with Crippen LogP contribution in [0.5, 0.6) is 5.75 Å². The van der Waals surface area contributed by atoms with Gasteiger partial charge in [0.15, 0.2) is 0 Å². The Morgan fingerprint density at radius 2 is 2.00 bits per heavy atom. The minimum absolute atomic E-state index is 0.164. The zero-order chi connectivity index (χ0) is 18.1. The van der Waals surface area contributed by atoms with E-state index in [0.717, 1.165) is 27.0 Å². The van der Waals surface area contributed by atoms with Crippen molar-refractivity contribution in [2.45, 2.75) is 5.92 Å². The van der Waals surface area contributed by atoms with Crippen molar-refractivity contribution in [2.24, 2.45) is 4.99 Å². The maximum atomic E-state index is 9.86. The lowest BCUT2D eigenvalue weighted by atomic mass is 9.86. The molecular formula is C21H17N3OS. The minimum Gasteiger partial charge on any atom is -0.437 e. The first-order chi connectivity index (χ1) is 12.7. The number of rotatable bonds is 3. The Bertz CT molecular complexity index is 1060. The summed E-state index contributed by atoms with van der Waals surface area (Å²) in [7, 11) is 3.78. The number of hydrogen-bond donors (Lipinski definition) is 0. The van der Waals surface area contributed by atoms with E-state index in [0.29, 0.717) is 11.5 Å². The van der Waals surface area contributed by atoms with E-state index in [1.54, 1.807) is 17.7 Å². The van der Waals surface area contributed by atoms with Gasteiger partial charge >= 0.3 is 0 Å². The van der Waals surface area contributed by atoms with Gasteiger partial charge in [0, 0.05) is 29.9 Å². The Labute approximate surface area is 156 Å². The molecule has 4 rings (SSSR count). The van der Waals surface area contributed by atoms with Crippen LogP contribution in [0, 0.1) is 11.3 Å². The molecule has 0 radical (unpaired) electrons. The number of benzene rings is 2. The molecule has 1 aliphatic rings. The molecule has 0 saturated carbocycles. The quantitative estimate of drug-likeness (QED) is 0.501. The van der Waals surface area contributed by atoms with Crippen molar-refractivity contribution in [2.75, 3.05) is 14.1 Å². The summed E-state index contributed by atoms with van der Waals surface area (Å²) in [6.45, 7) is 0. The van der Waals surface area contributed by atoms with Crippen LogP contribution in [0.3, 0.4) is 0 Å². The van der Waals surface area contributed by atoms with Crippen LogP contribution in [0.1, 0.15) is 16.4 Å². The first kappa shape index (κ1) is 16.4. The fraction of sp³-hybridized carbons (Fsp3) is 0.143. The highest BCUT2D eigenvalue weighted by Gasteiger charge is 2.33. The molecule has 4 nitrogen and oxygen atoms in total. The van der Waals surface area contributed by atoms with Gasteiger partial charge in [-0.3, -0.25) is 0 Å². The summed E-state index contributed by atoms with van der Waals surface area (Å²) in [6, 6.07) is 18.7. The summed E-state index contributed by atoms with van der Waals surface area (Å²) in [5, 5.41) is 14.0. The molecule has 0 amide bonds. The van der Waals surface area contributed by atoms with Gasteiger partial charge in [-0.05, 0) is 16.8 Å². The third-order valence-corrected chi connectivity index (χ3v) is 5.23. The molecule has 2 heterocycles. The lowest BCUT2D eigenvalue weighted by molar-refractivity contribution is 0.399. The predicted molar refractivity (Wildman–Crippen MR) is 106 cm³/mol. The second-order valence-electron chi connectivity index (χ2n) is 6.29. The molecule has 128 valence electrons. The van der Waals surface area contributed by atoms with Gasteiger partial charge in [0.1, 0.15) is 17.4 Å². The van der Waals surface area contributed by atoms with Gasteiger partial charge in [0.05, 0.1) is 12.3 Å². The minimum atomic E-state index is -0.164. The molecule has 2 aromatic carbocycles. The van der Waals surface area contributed by atoms with Crippen LogP contribution < -0.4 is 4.74 Å². The average Bonchev–Trinajstić information content (AvgIpc) is 3.19. The van der Waals surface area contributed by atoms with Crippen molar-refractivity contribution >= 4 is 28.4 Å². The maximum Gasteiger partial charge on any atom is 0.235 e. The summed E-state index contributed by atoms with van der Waals surface area (Å²) in [5.41, 5.74) is 1.54. The Morgan fingerprint density at radius 1 is 1.15 bits per heavy atom. The van der Waals surface area contributed by atoms with Gasteiger partial charge in [-0.1, -0.05) is 42.5 Å². The van der Waals surface area contributed by atoms with Crippen LogP contribution in [0.4, 0.5) is 0 Å². The third-order valence-electron chi connectivity index (χ3n) is 4.29. The van der Waals surface area contributed by atoms with Crippen molar-refractivity contribution in [3.8, 4) is 11.8 Å². The fourth-order valence-corrected chi connectivity index (χ4v) is 4.01. The fourth-order valence-electron chi connectivity index (χ4n) is 3.16. The van der Waals surface area contributed by atoms with Gasteiger partial charge in [-0.15, -0.1) is 11.3 Å². The Hall–Kier alpha value is -3.10. The number of allylic oxidation sites excluding steroid dienone is 1. The van der Waals surface area contributed by atoms with E-state index in [4.69, 9.17) is 4.74 Å². The molecular weight excluding hydrogens is 342 g/mol. The van der Waals surface area contributed by atoms with E-state index in [9.17, 15) is 5.26 Å². The van der Waals surface area contributed by atoms with Crippen LogP contribution in [-0.4, -0.2) is 25.3 Å². The molecule has 0 aliphatic carbocycles. The highest BCUT2D eigenvalue weighted by atomic mass is 32.1. The normalized spacial score (nSPS) is 16.4. The average molecular weight is 359 g/mol. The van der Waals surface area contributed by atoms with E-state index in [1.807, 2.05) is 48.6 Å². The number of nitrogens with zero attached hydrogens (tertiary/aromatic N) is 3. The standard InChI is InChI=1S/C21H17N3OS/c1-24(2)13-23-21-17(12-22)19(18-8-5-11-26-18)16-10-9-14-6-3-4-7-15(14)20(16)25-21/h3-11,13,19H,1-2H3/b23-13+. The second kappa shape index (κ2) is 6.66. The number of nitriles is 1. The third kappa shape index (κ3) is 2.75. The van der Waals surface area contributed by atoms with Gasteiger partial charge in [0.2, 0.25) is 5.88 Å². The van der Waals surface area contributed by atoms with E-state index in [-0.39, 0.29) is 5.92 Å². The van der Waals surface area contributed by atoms with Crippen molar-refractivity contribution < 1.29 is 4.74 Å². The predicted octanol–water partition coefficient (Wildman–Crippen LogP) is 4.75. The van der Waals surface area contributed by atoms with Crippen molar-refractivity contribution in [3.05, 3.63) is 75.8 Å². The van der Waals surface area contributed by atoms with Crippen LogP contribution in [0.25, 0.3) is 10.8 Å². The number of aliphatic imine (C=N–C) groups is 1. The molecule has 1 aliphatic heterocycles. The monoisotopic (exact) mass is 359 g/mol. The molecule has 0 saturated heterocycles. The van der Waals surface area contributed by atoms with Gasteiger partial charge in [-0.25, -0.2) is 4.99 Å². The summed E-state index contributed by atoms with van der Waals surface area (Å²) < 4.78 is 6.16. The lowest BCUT2D eigenvalue weighted by Crippen LogP contribution is -2.16. The van der Waals surface area contributed by atoms with Crippen molar-refractivity contribution in [3.63, 3.8) is 0 Å². The number of hydrogen-bond acceptors (Lipinski definition) is 4. The molecule has 5 heteroatoms. The molecule has 1 atom stereocenters. The zero-order valence-corrected chi connectivity index (χ0v) is 15.3. The van der Waals surface area contributed by atoms with E-state index < -0.39 is 0 Å². The number of fused-ring (bicyclic) bond motifs is 3. The molecule has 0 N–H and O–H groups in total. The topological polar surface area (TPSA) is 48.6 Å². The van der Waals surface area contributed by atoms with Crippen molar-refractivity contribution in [1.29, 1.82) is 5.26 Å². The largest absolute Gasteiger partial charge is 0.437 e. The molecule has 0 fully saturated rings. The molecule has 1 unspecified atom stereocenters. The smallest absolute Gasteiger partial charge is 0.235 e. The van der Waals surface area contributed by atoms with Crippen LogP contribution in [0.15, 0.2) is 70.4 Å². The first-order valence-corrected chi connectivity index (χ1v) is 9.15. The Kier molecular flexibility index (Phi) is 4.19. The van der Waals surface area contributed by atoms with Crippen LogP contribution in [0.2, 0.25) is 0 Å². The molecule has 1 aromatic heterocycles. The summed E-state index contributed by atoms with van der Waals surface area (Å²) in [5.74, 6) is 0.984.